The summed E-state index contributed by atoms with van der Waals surface area (Å²) >= 11 is 6.06. The van der Waals surface area contributed by atoms with Crippen molar-refractivity contribution in [2.75, 3.05) is 0 Å². The van der Waals surface area contributed by atoms with Gasteiger partial charge in [0.2, 0.25) is 10.0 Å². The van der Waals surface area contributed by atoms with E-state index in [1.807, 2.05) is 0 Å². The second-order valence-electron chi connectivity index (χ2n) is 7.32. The fraction of sp³-hybridized carbons (Fsp3) is 0.182. The molecule has 0 bridgehead atoms. The lowest BCUT2D eigenvalue weighted by Crippen LogP contribution is -2.15. The topological polar surface area (TPSA) is 99.4 Å². The van der Waals surface area contributed by atoms with Crippen molar-refractivity contribution >= 4 is 27.4 Å². The predicted molar refractivity (Wildman–Crippen MR) is 117 cm³/mol. The van der Waals surface area contributed by atoms with Crippen LogP contribution in [0.1, 0.15) is 35.5 Å². The zero-order valence-corrected chi connectivity index (χ0v) is 18.9. The van der Waals surface area contributed by atoms with Crippen LogP contribution in [0.3, 0.4) is 0 Å². The van der Waals surface area contributed by atoms with E-state index >= 15 is 0 Å². The van der Waals surface area contributed by atoms with Crippen molar-refractivity contribution in [2.45, 2.75) is 31.0 Å². The molecule has 0 saturated carbocycles. The molecular weight excluding hydrogens is 481 g/mol. The molecule has 3 aromatic rings. The van der Waals surface area contributed by atoms with Gasteiger partial charge in [0.1, 0.15) is 11.4 Å². The van der Waals surface area contributed by atoms with Crippen LogP contribution < -0.4 is 9.88 Å². The average molecular weight is 499 g/mol. The monoisotopic (exact) mass is 498 g/mol. The van der Waals surface area contributed by atoms with E-state index in [9.17, 15) is 26.4 Å². The summed E-state index contributed by atoms with van der Waals surface area (Å²) in [6.07, 6.45) is -4.12. The Hall–Kier alpha value is -2.95. The van der Waals surface area contributed by atoms with Crippen molar-refractivity contribution < 1.29 is 31.1 Å². The third-order valence-electron chi connectivity index (χ3n) is 4.46. The van der Waals surface area contributed by atoms with Gasteiger partial charge in [0, 0.05) is 27.9 Å². The summed E-state index contributed by atoms with van der Waals surface area (Å²) in [7, 11) is -4.23. The van der Waals surface area contributed by atoms with Crippen molar-refractivity contribution in [3.63, 3.8) is 0 Å². The van der Waals surface area contributed by atoms with E-state index in [-0.39, 0.29) is 38.3 Å². The fourth-order valence-electron chi connectivity index (χ4n) is 3.13. The molecule has 33 heavy (non-hydrogen) atoms. The number of pyridine rings is 1. The number of benzene rings is 2. The number of rotatable bonds is 6. The van der Waals surface area contributed by atoms with Gasteiger partial charge in [-0.05, 0) is 61.9 Å². The molecule has 174 valence electrons. The number of ketones is 1. The quantitative estimate of drug-likeness (QED) is 0.477. The van der Waals surface area contributed by atoms with E-state index in [1.54, 1.807) is 13.8 Å². The lowest BCUT2D eigenvalue weighted by Gasteiger charge is -2.16. The minimum absolute atomic E-state index is 0.0424. The van der Waals surface area contributed by atoms with Crippen LogP contribution in [0.25, 0.3) is 11.1 Å². The lowest BCUT2D eigenvalue weighted by atomic mass is 9.93. The highest BCUT2D eigenvalue weighted by atomic mass is 35.5. The number of nitrogens with two attached hydrogens (primary N) is 1. The van der Waals surface area contributed by atoms with Gasteiger partial charge in [0.25, 0.3) is 0 Å². The first-order chi connectivity index (χ1) is 15.3. The van der Waals surface area contributed by atoms with Gasteiger partial charge in [-0.25, -0.2) is 13.6 Å². The van der Waals surface area contributed by atoms with E-state index < -0.39 is 27.7 Å². The van der Waals surface area contributed by atoms with E-state index in [0.29, 0.717) is 11.8 Å². The molecule has 0 aliphatic rings. The van der Waals surface area contributed by atoms with Gasteiger partial charge in [-0.3, -0.25) is 9.78 Å². The van der Waals surface area contributed by atoms with Gasteiger partial charge in [-0.15, -0.1) is 0 Å². The third-order valence-corrected chi connectivity index (χ3v) is 5.66. The number of hydrogen-bond donors (Lipinski definition) is 1. The largest absolute Gasteiger partial charge is 0.491 e. The standard InChI is InChI=1S/C22H18ClF3N2O4S/c1-12(2)32-15-4-6-19(33(27,30)31)17(11-15)16-5-3-14(23)10-18(16)21(29)13-7-8-28-20(9-13)22(24,25)26/h3-12H,1-2H3,(H2,27,30,31). The first-order valence-electron chi connectivity index (χ1n) is 9.48. The van der Waals surface area contributed by atoms with E-state index in [1.165, 1.54) is 36.4 Å². The van der Waals surface area contributed by atoms with Crippen LogP contribution in [0.4, 0.5) is 13.2 Å². The summed E-state index contributed by atoms with van der Waals surface area (Å²) in [5.41, 5.74) is -1.51. The zero-order valence-electron chi connectivity index (χ0n) is 17.4. The molecule has 0 unspecified atom stereocenters. The molecule has 0 spiro atoms. The van der Waals surface area contributed by atoms with Gasteiger partial charge in [0.05, 0.1) is 11.0 Å². The molecule has 6 nitrogen and oxygen atoms in total. The van der Waals surface area contributed by atoms with Crippen molar-refractivity contribution in [1.82, 2.24) is 4.98 Å². The number of hydrogen-bond acceptors (Lipinski definition) is 5. The molecule has 0 atom stereocenters. The Morgan fingerprint density at radius 3 is 2.36 bits per heavy atom. The fourth-order valence-corrected chi connectivity index (χ4v) is 4.04. The Bertz CT molecular complexity index is 1330. The van der Waals surface area contributed by atoms with Gasteiger partial charge in [-0.1, -0.05) is 17.7 Å². The number of primary sulfonamides is 1. The van der Waals surface area contributed by atoms with Crippen LogP contribution in [-0.2, 0) is 16.2 Å². The Morgan fingerprint density at radius 2 is 1.76 bits per heavy atom. The van der Waals surface area contributed by atoms with Gasteiger partial charge in [-0.2, -0.15) is 13.2 Å². The Morgan fingerprint density at radius 1 is 1.06 bits per heavy atom. The molecule has 0 amide bonds. The highest BCUT2D eigenvalue weighted by Crippen LogP contribution is 2.36. The minimum Gasteiger partial charge on any atom is -0.491 e. The average Bonchev–Trinajstić information content (AvgIpc) is 2.71. The zero-order chi connectivity index (χ0) is 24.6. The van der Waals surface area contributed by atoms with Gasteiger partial charge < -0.3 is 4.74 Å². The van der Waals surface area contributed by atoms with Crippen LogP contribution in [-0.4, -0.2) is 25.3 Å². The first-order valence-corrected chi connectivity index (χ1v) is 11.4. The molecule has 0 fully saturated rings. The molecular formula is C22H18ClF3N2O4S. The maximum atomic E-state index is 13.2. The summed E-state index contributed by atoms with van der Waals surface area (Å²) in [6, 6.07) is 9.85. The first kappa shape index (κ1) is 24.7. The molecule has 0 aliphatic carbocycles. The van der Waals surface area contributed by atoms with Gasteiger partial charge in [0.15, 0.2) is 5.78 Å². The number of ether oxygens (including phenoxy) is 1. The molecule has 1 heterocycles. The highest BCUT2D eigenvalue weighted by molar-refractivity contribution is 7.89. The summed E-state index contributed by atoms with van der Waals surface area (Å²) in [6.45, 7) is 3.54. The molecule has 0 aliphatic heterocycles. The molecule has 3 rings (SSSR count). The number of aromatic nitrogens is 1. The third kappa shape index (κ3) is 5.70. The maximum Gasteiger partial charge on any atom is 0.433 e. The van der Waals surface area contributed by atoms with Crippen LogP contribution in [0.5, 0.6) is 5.75 Å². The maximum absolute atomic E-state index is 13.2. The number of alkyl halides is 3. The number of sulfonamides is 1. The predicted octanol–water partition coefficient (Wildman–Crippen LogP) is 5.09. The SMILES string of the molecule is CC(C)Oc1ccc(S(N)(=O)=O)c(-c2ccc(Cl)cc2C(=O)c2ccnc(C(F)(F)F)c2)c1. The molecule has 0 radical (unpaired) electrons. The van der Waals surface area contributed by atoms with Crippen molar-refractivity contribution in [1.29, 1.82) is 0 Å². The summed E-state index contributed by atoms with van der Waals surface area (Å²) in [5, 5.41) is 5.49. The minimum atomic E-state index is -4.75. The van der Waals surface area contributed by atoms with E-state index in [4.69, 9.17) is 21.5 Å². The van der Waals surface area contributed by atoms with Gasteiger partial charge >= 0.3 is 6.18 Å². The van der Waals surface area contributed by atoms with Crippen molar-refractivity contribution in [3.05, 3.63) is 76.6 Å². The Kier molecular flexibility index (Phi) is 6.83. The normalized spacial score (nSPS) is 12.1. The Balaban J connectivity index is 2.25. The summed E-state index contributed by atoms with van der Waals surface area (Å²) < 4.78 is 69.3. The Labute approximate surface area is 193 Å². The summed E-state index contributed by atoms with van der Waals surface area (Å²) in [5.74, 6) is -0.500. The second kappa shape index (κ2) is 9.12. The van der Waals surface area contributed by atoms with Crippen molar-refractivity contribution in [3.8, 4) is 16.9 Å². The van der Waals surface area contributed by atoms with E-state index in [0.717, 1.165) is 12.3 Å². The molecule has 1 aromatic heterocycles. The molecule has 0 saturated heterocycles. The smallest absolute Gasteiger partial charge is 0.433 e. The number of carbonyl (C=O) groups excluding carboxylic acids is 1. The van der Waals surface area contributed by atoms with Crippen LogP contribution in [0.15, 0.2) is 59.6 Å². The highest BCUT2D eigenvalue weighted by Gasteiger charge is 2.33. The second-order valence-corrected chi connectivity index (χ2v) is 9.28. The van der Waals surface area contributed by atoms with Crippen LogP contribution in [0, 0.1) is 0 Å². The molecule has 11 heteroatoms. The molecule has 2 aromatic carbocycles. The summed E-state index contributed by atoms with van der Waals surface area (Å²) in [4.78, 5) is 16.2. The number of halogens is 4. The number of carbonyl (C=O) groups is 1. The number of nitrogens with zero attached hydrogens (tertiary/aromatic N) is 1. The molecule has 2 N–H and O–H groups in total. The van der Waals surface area contributed by atoms with Crippen LogP contribution in [0.2, 0.25) is 5.02 Å². The van der Waals surface area contributed by atoms with Crippen LogP contribution >= 0.6 is 11.6 Å². The van der Waals surface area contributed by atoms with E-state index in [2.05, 4.69) is 4.98 Å². The van der Waals surface area contributed by atoms with Crippen molar-refractivity contribution in [2.24, 2.45) is 5.14 Å². The lowest BCUT2D eigenvalue weighted by molar-refractivity contribution is -0.141.